The van der Waals surface area contributed by atoms with Crippen LogP contribution in [0.15, 0.2) is 30.3 Å². The smallest absolute Gasteiger partial charge is 0.188 e. The largest absolute Gasteiger partial charge is 0.373 e. The second-order valence-electron chi connectivity index (χ2n) is 3.94. The molecule has 1 aromatic carbocycles. The number of rotatable bonds is 9. The molecule has 0 N–H and O–H groups in total. The molecule has 94 valence electrons. The normalized spacial score (nSPS) is 10.4. The number of ketones is 1. The number of ether oxygens (including phenoxy) is 1. The summed E-state index contributed by atoms with van der Waals surface area (Å²) in [6, 6.07) is 9.24. The van der Waals surface area contributed by atoms with Crippen molar-refractivity contribution in [3.63, 3.8) is 0 Å². The van der Waals surface area contributed by atoms with Gasteiger partial charge in [0.1, 0.15) is 6.61 Å². The predicted octanol–water partition coefficient (Wildman–Crippen LogP) is 3.69. The lowest BCUT2D eigenvalue weighted by atomic mass is 10.1. The van der Waals surface area contributed by atoms with Crippen molar-refractivity contribution < 1.29 is 9.53 Å². The van der Waals surface area contributed by atoms with E-state index >= 15 is 0 Å². The Morgan fingerprint density at radius 2 is 1.76 bits per heavy atom. The van der Waals surface area contributed by atoms with Crippen LogP contribution in [0.4, 0.5) is 0 Å². The van der Waals surface area contributed by atoms with Crippen LogP contribution in [-0.4, -0.2) is 24.9 Å². The Morgan fingerprint density at radius 3 is 2.47 bits per heavy atom. The lowest BCUT2D eigenvalue weighted by Gasteiger charge is -2.03. The quantitative estimate of drug-likeness (QED) is 0.382. The summed E-state index contributed by atoms with van der Waals surface area (Å²) in [5.74, 6) is 0.777. The maximum absolute atomic E-state index is 11.6. The highest BCUT2D eigenvalue weighted by molar-refractivity contribution is 6.17. The summed E-state index contributed by atoms with van der Waals surface area (Å²) < 4.78 is 5.35. The minimum Gasteiger partial charge on any atom is -0.373 e. The number of halogens is 1. The fraction of sp³-hybridized carbons (Fsp3) is 0.500. The Bertz CT molecular complexity index is 311. The van der Waals surface area contributed by atoms with Crippen LogP contribution in [0.5, 0.6) is 0 Å². The number of benzene rings is 1. The molecule has 0 atom stereocenters. The van der Waals surface area contributed by atoms with Gasteiger partial charge >= 0.3 is 0 Å². The predicted molar refractivity (Wildman–Crippen MR) is 70.8 cm³/mol. The Balaban J connectivity index is 2.05. The van der Waals surface area contributed by atoms with Gasteiger partial charge in [-0.3, -0.25) is 4.79 Å². The standard InChI is InChI=1S/C14H19ClO2/c15-10-6-1-2-7-11-17-12-14(16)13-8-4-3-5-9-13/h3-5,8-9H,1-2,6-7,10-12H2. The van der Waals surface area contributed by atoms with Crippen molar-refractivity contribution in [3.8, 4) is 0 Å². The van der Waals surface area contributed by atoms with Crippen LogP contribution < -0.4 is 0 Å². The van der Waals surface area contributed by atoms with Gasteiger partial charge in [0.2, 0.25) is 0 Å². The van der Waals surface area contributed by atoms with E-state index in [1.807, 2.05) is 30.3 Å². The Hall–Kier alpha value is -0.860. The van der Waals surface area contributed by atoms with Gasteiger partial charge in [-0.05, 0) is 12.8 Å². The molecule has 0 aliphatic carbocycles. The molecule has 0 heterocycles. The maximum atomic E-state index is 11.6. The van der Waals surface area contributed by atoms with Crippen LogP contribution in [-0.2, 0) is 4.74 Å². The second kappa shape index (κ2) is 9.20. The van der Waals surface area contributed by atoms with Crippen LogP contribution in [0, 0.1) is 0 Å². The first kappa shape index (κ1) is 14.2. The summed E-state index contributed by atoms with van der Waals surface area (Å²) in [5.41, 5.74) is 0.717. The third-order valence-corrected chi connectivity index (χ3v) is 2.77. The van der Waals surface area contributed by atoms with E-state index in [0.717, 1.165) is 37.1 Å². The Morgan fingerprint density at radius 1 is 1.06 bits per heavy atom. The molecule has 1 rings (SSSR count). The molecule has 0 bridgehead atoms. The van der Waals surface area contributed by atoms with E-state index in [4.69, 9.17) is 16.3 Å². The molecule has 17 heavy (non-hydrogen) atoms. The van der Waals surface area contributed by atoms with Gasteiger partial charge in [-0.25, -0.2) is 0 Å². The topological polar surface area (TPSA) is 26.3 Å². The SMILES string of the molecule is O=C(COCCCCCCCl)c1ccccc1. The number of hydrogen-bond acceptors (Lipinski definition) is 2. The molecule has 0 fully saturated rings. The average molecular weight is 255 g/mol. The van der Waals surface area contributed by atoms with Crippen LogP contribution in [0.2, 0.25) is 0 Å². The number of Topliss-reactive ketones (excluding diaryl/α,β-unsaturated/α-hetero) is 1. The number of hydrogen-bond donors (Lipinski definition) is 0. The molecule has 0 spiro atoms. The third-order valence-electron chi connectivity index (χ3n) is 2.50. The molecule has 0 aliphatic rings. The van der Waals surface area contributed by atoms with Crippen molar-refractivity contribution in [3.05, 3.63) is 35.9 Å². The first-order chi connectivity index (χ1) is 8.34. The van der Waals surface area contributed by atoms with Crippen LogP contribution in [0.25, 0.3) is 0 Å². The number of carbonyl (C=O) groups excluding carboxylic acids is 1. The molecular weight excluding hydrogens is 236 g/mol. The van der Waals surface area contributed by atoms with Gasteiger partial charge in [-0.1, -0.05) is 43.2 Å². The minimum absolute atomic E-state index is 0.0476. The molecule has 0 unspecified atom stereocenters. The van der Waals surface area contributed by atoms with Crippen LogP contribution in [0.3, 0.4) is 0 Å². The van der Waals surface area contributed by atoms with Crippen LogP contribution in [0.1, 0.15) is 36.0 Å². The summed E-state index contributed by atoms with van der Waals surface area (Å²) >= 11 is 5.58. The van der Waals surface area contributed by atoms with Crippen molar-refractivity contribution in [1.29, 1.82) is 0 Å². The zero-order chi connectivity index (χ0) is 12.3. The van der Waals surface area contributed by atoms with Crippen molar-refractivity contribution in [2.75, 3.05) is 19.1 Å². The lowest BCUT2D eigenvalue weighted by molar-refractivity contribution is 0.0752. The van der Waals surface area contributed by atoms with Crippen molar-refractivity contribution >= 4 is 17.4 Å². The molecule has 0 saturated heterocycles. The minimum atomic E-state index is 0.0476. The molecule has 0 radical (unpaired) electrons. The molecule has 2 nitrogen and oxygen atoms in total. The highest BCUT2D eigenvalue weighted by Crippen LogP contribution is 2.03. The highest BCUT2D eigenvalue weighted by Gasteiger charge is 2.04. The van der Waals surface area contributed by atoms with Gasteiger partial charge in [0.15, 0.2) is 5.78 Å². The first-order valence-corrected chi connectivity index (χ1v) is 6.60. The zero-order valence-electron chi connectivity index (χ0n) is 10.0. The zero-order valence-corrected chi connectivity index (χ0v) is 10.8. The van der Waals surface area contributed by atoms with E-state index < -0.39 is 0 Å². The first-order valence-electron chi connectivity index (χ1n) is 6.06. The van der Waals surface area contributed by atoms with Crippen molar-refractivity contribution in [2.45, 2.75) is 25.7 Å². The van der Waals surface area contributed by atoms with Crippen LogP contribution >= 0.6 is 11.6 Å². The van der Waals surface area contributed by atoms with Gasteiger partial charge in [0, 0.05) is 18.1 Å². The third kappa shape index (κ3) is 6.44. The number of unbranched alkanes of at least 4 members (excludes halogenated alkanes) is 3. The van der Waals surface area contributed by atoms with E-state index in [-0.39, 0.29) is 12.4 Å². The van der Waals surface area contributed by atoms with E-state index in [1.54, 1.807) is 0 Å². The van der Waals surface area contributed by atoms with Crippen molar-refractivity contribution in [1.82, 2.24) is 0 Å². The van der Waals surface area contributed by atoms with E-state index in [0.29, 0.717) is 6.61 Å². The Kier molecular flexibility index (Phi) is 7.69. The molecule has 1 aromatic rings. The van der Waals surface area contributed by atoms with Gasteiger partial charge in [0.05, 0.1) is 0 Å². The van der Waals surface area contributed by atoms with E-state index in [9.17, 15) is 4.79 Å². The summed E-state index contributed by atoms with van der Waals surface area (Å²) in [7, 11) is 0. The average Bonchev–Trinajstić information content (AvgIpc) is 2.38. The Labute approximate surface area is 108 Å². The highest BCUT2D eigenvalue weighted by atomic mass is 35.5. The monoisotopic (exact) mass is 254 g/mol. The van der Waals surface area contributed by atoms with E-state index in [1.165, 1.54) is 0 Å². The molecule has 0 aromatic heterocycles. The second-order valence-corrected chi connectivity index (χ2v) is 4.32. The molecule has 3 heteroatoms. The molecule has 0 amide bonds. The van der Waals surface area contributed by atoms with E-state index in [2.05, 4.69) is 0 Å². The summed E-state index contributed by atoms with van der Waals surface area (Å²) in [5, 5.41) is 0. The van der Waals surface area contributed by atoms with Gasteiger partial charge in [0.25, 0.3) is 0 Å². The molecular formula is C14H19ClO2. The maximum Gasteiger partial charge on any atom is 0.188 e. The molecule has 0 aliphatic heterocycles. The summed E-state index contributed by atoms with van der Waals surface area (Å²) in [4.78, 5) is 11.6. The number of alkyl halides is 1. The fourth-order valence-corrected chi connectivity index (χ4v) is 1.71. The summed E-state index contributed by atoms with van der Waals surface area (Å²) in [6.07, 6.45) is 4.31. The lowest BCUT2D eigenvalue weighted by Crippen LogP contribution is -2.09. The van der Waals surface area contributed by atoms with Gasteiger partial charge in [-0.2, -0.15) is 0 Å². The fourth-order valence-electron chi connectivity index (χ4n) is 1.52. The molecule has 0 saturated carbocycles. The summed E-state index contributed by atoms with van der Waals surface area (Å²) in [6.45, 7) is 0.834. The van der Waals surface area contributed by atoms with Gasteiger partial charge < -0.3 is 4.74 Å². The van der Waals surface area contributed by atoms with Gasteiger partial charge in [-0.15, -0.1) is 11.6 Å². The van der Waals surface area contributed by atoms with Crippen molar-refractivity contribution in [2.24, 2.45) is 0 Å². The number of carbonyl (C=O) groups is 1.